The van der Waals surface area contributed by atoms with Crippen LogP contribution in [0.3, 0.4) is 0 Å². The summed E-state index contributed by atoms with van der Waals surface area (Å²) in [5, 5.41) is 5.74. The third-order valence-electron chi connectivity index (χ3n) is 2.30. The minimum Gasteiger partial charge on any atom is -0.481 e. The first-order chi connectivity index (χ1) is 9.13. The Balaban J connectivity index is 2.22. The molecule has 0 aromatic heterocycles. The molecule has 19 heavy (non-hydrogen) atoms. The van der Waals surface area contributed by atoms with Gasteiger partial charge in [-0.2, -0.15) is 0 Å². The summed E-state index contributed by atoms with van der Waals surface area (Å²) in [6, 6.07) is 2.94. The van der Waals surface area contributed by atoms with Crippen LogP contribution >= 0.6 is 0 Å². The molecule has 1 aromatic carbocycles. The number of ether oxygens (including phenoxy) is 1. The summed E-state index contributed by atoms with van der Waals surface area (Å²) >= 11 is 0. The van der Waals surface area contributed by atoms with Gasteiger partial charge in [-0.3, -0.25) is 4.79 Å². The van der Waals surface area contributed by atoms with Crippen LogP contribution in [0.25, 0.3) is 0 Å². The molecule has 1 aromatic rings. The van der Waals surface area contributed by atoms with Gasteiger partial charge in [-0.25, -0.2) is 8.78 Å². The average Bonchev–Trinajstić information content (AvgIpc) is 2.37. The molecule has 0 saturated heterocycles. The Hall–Kier alpha value is -1.69. The molecule has 0 unspecified atom stereocenters. The minimum atomic E-state index is -0.822. The van der Waals surface area contributed by atoms with E-state index < -0.39 is 11.6 Å². The van der Waals surface area contributed by atoms with E-state index in [9.17, 15) is 13.6 Å². The van der Waals surface area contributed by atoms with E-state index in [4.69, 9.17) is 4.74 Å². The monoisotopic (exact) mass is 272 g/mol. The lowest BCUT2D eigenvalue weighted by molar-refractivity contribution is -0.123. The summed E-state index contributed by atoms with van der Waals surface area (Å²) in [4.78, 5) is 11.4. The van der Waals surface area contributed by atoms with Gasteiger partial charge in [0.2, 0.25) is 0 Å². The van der Waals surface area contributed by atoms with Gasteiger partial charge in [-0.1, -0.05) is 6.92 Å². The maximum absolute atomic E-state index is 13.2. The van der Waals surface area contributed by atoms with Crippen LogP contribution < -0.4 is 15.4 Å². The van der Waals surface area contributed by atoms with Crippen molar-refractivity contribution in [2.24, 2.45) is 0 Å². The Morgan fingerprint density at radius 2 is 2.05 bits per heavy atom. The van der Waals surface area contributed by atoms with E-state index in [0.717, 1.165) is 25.1 Å². The zero-order chi connectivity index (χ0) is 14.1. The molecule has 4 nitrogen and oxygen atoms in total. The third-order valence-corrected chi connectivity index (χ3v) is 2.30. The van der Waals surface area contributed by atoms with Gasteiger partial charge in [0.05, 0.1) is 0 Å². The number of halogens is 2. The molecule has 0 saturated carbocycles. The molecule has 0 fully saturated rings. The first-order valence-electron chi connectivity index (χ1n) is 6.18. The van der Waals surface area contributed by atoms with E-state index >= 15 is 0 Å². The summed E-state index contributed by atoms with van der Waals surface area (Å²) in [6.07, 6.45) is 1.03. The van der Waals surface area contributed by atoms with Gasteiger partial charge in [0, 0.05) is 19.2 Å². The van der Waals surface area contributed by atoms with Crippen molar-refractivity contribution in [1.29, 1.82) is 0 Å². The first kappa shape index (κ1) is 15.4. The number of benzene rings is 1. The fraction of sp³-hybridized carbons (Fsp3) is 0.462. The SMILES string of the molecule is CCCNCCNC(=O)COc1ccc(F)cc1F. The molecule has 0 aliphatic carbocycles. The molecule has 0 aliphatic rings. The predicted octanol–water partition coefficient (Wildman–Crippen LogP) is 1.46. The number of amides is 1. The first-order valence-corrected chi connectivity index (χ1v) is 6.18. The summed E-state index contributed by atoms with van der Waals surface area (Å²) < 4.78 is 30.8. The molecule has 1 amide bonds. The van der Waals surface area contributed by atoms with Gasteiger partial charge in [0.15, 0.2) is 18.2 Å². The Morgan fingerprint density at radius 1 is 1.26 bits per heavy atom. The van der Waals surface area contributed by atoms with Crippen molar-refractivity contribution in [3.05, 3.63) is 29.8 Å². The second kappa shape index (κ2) is 8.42. The van der Waals surface area contributed by atoms with Crippen LogP contribution in [0.2, 0.25) is 0 Å². The van der Waals surface area contributed by atoms with Crippen molar-refractivity contribution < 1.29 is 18.3 Å². The third kappa shape index (κ3) is 6.15. The van der Waals surface area contributed by atoms with E-state index in [0.29, 0.717) is 19.2 Å². The van der Waals surface area contributed by atoms with Crippen LogP contribution in [0.1, 0.15) is 13.3 Å². The van der Waals surface area contributed by atoms with Gasteiger partial charge in [-0.05, 0) is 25.1 Å². The van der Waals surface area contributed by atoms with Gasteiger partial charge >= 0.3 is 0 Å². The van der Waals surface area contributed by atoms with Crippen LogP contribution in [0.15, 0.2) is 18.2 Å². The Kier molecular flexibility index (Phi) is 6.81. The van der Waals surface area contributed by atoms with Crippen LogP contribution in [0.5, 0.6) is 5.75 Å². The average molecular weight is 272 g/mol. The molecule has 106 valence electrons. The zero-order valence-corrected chi connectivity index (χ0v) is 10.8. The molecular weight excluding hydrogens is 254 g/mol. The Morgan fingerprint density at radius 3 is 2.74 bits per heavy atom. The zero-order valence-electron chi connectivity index (χ0n) is 10.8. The molecular formula is C13H18F2N2O2. The molecule has 0 spiro atoms. The molecule has 0 heterocycles. The summed E-state index contributed by atoms with van der Waals surface area (Å²) in [7, 11) is 0. The molecule has 0 aliphatic heterocycles. The second-order valence-electron chi connectivity index (χ2n) is 3.96. The van der Waals surface area contributed by atoms with E-state index in [1.54, 1.807) is 0 Å². The lowest BCUT2D eigenvalue weighted by atomic mass is 10.3. The normalized spacial score (nSPS) is 10.3. The summed E-state index contributed by atoms with van der Waals surface area (Å²) in [5.41, 5.74) is 0. The second-order valence-corrected chi connectivity index (χ2v) is 3.96. The number of hydrogen-bond acceptors (Lipinski definition) is 3. The molecule has 0 bridgehead atoms. The smallest absolute Gasteiger partial charge is 0.257 e. The molecule has 2 N–H and O–H groups in total. The summed E-state index contributed by atoms with van der Waals surface area (Å²) in [5.74, 6) is -1.99. The number of nitrogens with one attached hydrogen (secondary N) is 2. The lowest BCUT2D eigenvalue weighted by Gasteiger charge is -2.08. The van der Waals surface area contributed by atoms with Crippen molar-refractivity contribution in [2.45, 2.75) is 13.3 Å². The highest BCUT2D eigenvalue weighted by Crippen LogP contribution is 2.17. The van der Waals surface area contributed by atoms with E-state index in [-0.39, 0.29) is 18.3 Å². The van der Waals surface area contributed by atoms with Gasteiger partial charge in [0.25, 0.3) is 5.91 Å². The topological polar surface area (TPSA) is 50.4 Å². The van der Waals surface area contributed by atoms with E-state index in [1.165, 1.54) is 0 Å². The van der Waals surface area contributed by atoms with Crippen LogP contribution in [0.4, 0.5) is 8.78 Å². The predicted molar refractivity (Wildman–Crippen MR) is 68.0 cm³/mol. The lowest BCUT2D eigenvalue weighted by Crippen LogP contribution is -2.35. The van der Waals surface area contributed by atoms with Gasteiger partial charge in [0.1, 0.15) is 5.82 Å². The maximum Gasteiger partial charge on any atom is 0.257 e. The fourth-order valence-electron chi connectivity index (χ4n) is 1.38. The largest absolute Gasteiger partial charge is 0.481 e. The minimum absolute atomic E-state index is 0.138. The molecule has 1 rings (SSSR count). The number of carbonyl (C=O) groups is 1. The van der Waals surface area contributed by atoms with Crippen molar-refractivity contribution >= 4 is 5.91 Å². The summed E-state index contributed by atoms with van der Waals surface area (Å²) in [6.45, 7) is 3.80. The maximum atomic E-state index is 13.2. The number of hydrogen-bond donors (Lipinski definition) is 2. The Bertz CT molecular complexity index is 414. The quantitative estimate of drug-likeness (QED) is 0.704. The van der Waals surface area contributed by atoms with E-state index in [2.05, 4.69) is 17.6 Å². The number of rotatable bonds is 8. The highest BCUT2D eigenvalue weighted by molar-refractivity contribution is 5.77. The highest BCUT2D eigenvalue weighted by atomic mass is 19.1. The highest BCUT2D eigenvalue weighted by Gasteiger charge is 2.07. The molecule has 0 atom stereocenters. The number of carbonyl (C=O) groups excluding carboxylic acids is 1. The van der Waals surface area contributed by atoms with Gasteiger partial charge in [-0.15, -0.1) is 0 Å². The molecule has 6 heteroatoms. The van der Waals surface area contributed by atoms with Crippen molar-refractivity contribution in [1.82, 2.24) is 10.6 Å². The van der Waals surface area contributed by atoms with Gasteiger partial charge < -0.3 is 15.4 Å². The molecule has 0 radical (unpaired) electrons. The fourth-order valence-corrected chi connectivity index (χ4v) is 1.38. The van der Waals surface area contributed by atoms with Crippen molar-refractivity contribution in [2.75, 3.05) is 26.2 Å². The van der Waals surface area contributed by atoms with Crippen LogP contribution in [-0.2, 0) is 4.79 Å². The Labute approximate surface area is 111 Å². The van der Waals surface area contributed by atoms with E-state index in [1.807, 2.05) is 0 Å². The standard InChI is InChI=1S/C13H18F2N2O2/c1-2-5-16-6-7-17-13(18)9-19-12-4-3-10(14)8-11(12)15/h3-4,8,16H,2,5-7,9H2,1H3,(H,17,18). The van der Waals surface area contributed by atoms with Crippen molar-refractivity contribution in [3.63, 3.8) is 0 Å². The van der Waals surface area contributed by atoms with Crippen LogP contribution in [0, 0.1) is 11.6 Å². The van der Waals surface area contributed by atoms with Crippen molar-refractivity contribution in [3.8, 4) is 5.75 Å². The van der Waals surface area contributed by atoms with Crippen LogP contribution in [-0.4, -0.2) is 32.1 Å².